The number of rotatable bonds is 5. The number of carboxylic acids is 1. The summed E-state index contributed by atoms with van der Waals surface area (Å²) in [4.78, 5) is 10.4. The van der Waals surface area contributed by atoms with Crippen LogP contribution in [0.1, 0.15) is 13.3 Å². The van der Waals surface area contributed by atoms with Gasteiger partial charge in [-0.2, -0.15) is 0 Å². The number of carbonyl (C=O) groups is 1. The smallest absolute Gasteiger partial charge is 0.324 e. The summed E-state index contributed by atoms with van der Waals surface area (Å²) in [6.45, 7) is 1.90. The van der Waals surface area contributed by atoms with Crippen molar-refractivity contribution in [2.45, 2.75) is 19.4 Å². The summed E-state index contributed by atoms with van der Waals surface area (Å²) in [5.41, 5.74) is 0. The third kappa shape index (κ3) is 3.31. The van der Waals surface area contributed by atoms with E-state index in [1.807, 2.05) is 6.92 Å². The molecular weight excluding hydrogens is 148 g/mol. The summed E-state index contributed by atoms with van der Waals surface area (Å²) in [7, 11) is 0. The first-order valence-electron chi connectivity index (χ1n) is 3.48. The molecule has 0 spiro atoms. The minimum Gasteiger partial charge on any atom is -0.480 e. The van der Waals surface area contributed by atoms with Gasteiger partial charge in [0.2, 0.25) is 0 Å². The molecule has 0 aromatic rings. The molecule has 5 heteroatoms. The van der Waals surface area contributed by atoms with Crippen molar-refractivity contribution < 1.29 is 15.0 Å². The van der Waals surface area contributed by atoms with Crippen LogP contribution in [0.5, 0.6) is 0 Å². The molecule has 0 rings (SSSR count). The van der Waals surface area contributed by atoms with Gasteiger partial charge in [0.05, 0.1) is 6.61 Å². The molecular formula is C6H14N2O3. The van der Waals surface area contributed by atoms with Crippen LogP contribution < -0.4 is 5.84 Å². The molecule has 0 bridgehead atoms. The summed E-state index contributed by atoms with van der Waals surface area (Å²) >= 11 is 0. The van der Waals surface area contributed by atoms with E-state index in [0.29, 0.717) is 6.54 Å². The van der Waals surface area contributed by atoms with Crippen molar-refractivity contribution in [3.8, 4) is 0 Å². The fourth-order valence-electron chi connectivity index (χ4n) is 0.739. The van der Waals surface area contributed by atoms with Gasteiger partial charge in [-0.3, -0.25) is 10.6 Å². The van der Waals surface area contributed by atoms with Gasteiger partial charge in [-0.25, -0.2) is 5.01 Å². The van der Waals surface area contributed by atoms with E-state index in [0.717, 1.165) is 11.4 Å². The Morgan fingerprint density at radius 1 is 1.73 bits per heavy atom. The Bertz CT molecular complexity index is 129. The zero-order chi connectivity index (χ0) is 8.85. The van der Waals surface area contributed by atoms with E-state index in [2.05, 4.69) is 0 Å². The van der Waals surface area contributed by atoms with Gasteiger partial charge in [0.15, 0.2) is 0 Å². The van der Waals surface area contributed by atoms with Crippen LogP contribution in [0.4, 0.5) is 0 Å². The minimum absolute atomic E-state index is 0.453. The number of nitrogens with two attached hydrogens (primary N) is 1. The number of carboxylic acid groups (broad SMARTS) is 1. The Morgan fingerprint density at radius 3 is 2.55 bits per heavy atom. The highest BCUT2D eigenvalue weighted by molar-refractivity contribution is 5.73. The molecule has 0 aliphatic heterocycles. The SMILES string of the molecule is CCCN(N)C(CO)C(=O)O. The second kappa shape index (κ2) is 5.06. The normalized spacial score (nSPS) is 13.5. The topological polar surface area (TPSA) is 86.8 Å². The molecule has 1 unspecified atom stereocenters. The Kier molecular flexibility index (Phi) is 4.76. The van der Waals surface area contributed by atoms with Gasteiger partial charge in [0, 0.05) is 6.54 Å². The predicted octanol–water partition coefficient (Wildman–Crippen LogP) is -0.982. The van der Waals surface area contributed by atoms with E-state index in [4.69, 9.17) is 16.1 Å². The third-order valence-corrected chi connectivity index (χ3v) is 1.34. The van der Waals surface area contributed by atoms with Crippen molar-refractivity contribution in [1.82, 2.24) is 5.01 Å². The second-order valence-corrected chi connectivity index (χ2v) is 2.27. The van der Waals surface area contributed by atoms with E-state index >= 15 is 0 Å². The third-order valence-electron chi connectivity index (χ3n) is 1.34. The van der Waals surface area contributed by atoms with Crippen LogP contribution in [-0.4, -0.2) is 40.4 Å². The molecule has 0 fully saturated rings. The molecule has 0 amide bonds. The highest BCUT2D eigenvalue weighted by Gasteiger charge is 2.20. The van der Waals surface area contributed by atoms with E-state index < -0.39 is 18.6 Å². The quantitative estimate of drug-likeness (QED) is 0.357. The molecule has 11 heavy (non-hydrogen) atoms. The minimum atomic E-state index is -1.09. The molecule has 0 radical (unpaired) electrons. The van der Waals surface area contributed by atoms with Crippen LogP contribution in [0.2, 0.25) is 0 Å². The molecule has 0 aliphatic rings. The molecule has 5 nitrogen and oxygen atoms in total. The van der Waals surface area contributed by atoms with Crippen LogP contribution in [-0.2, 0) is 4.79 Å². The highest BCUT2D eigenvalue weighted by Crippen LogP contribution is 1.93. The van der Waals surface area contributed by atoms with Crippen LogP contribution >= 0.6 is 0 Å². The van der Waals surface area contributed by atoms with E-state index in [9.17, 15) is 4.79 Å². The van der Waals surface area contributed by atoms with Crippen molar-refractivity contribution in [3.05, 3.63) is 0 Å². The van der Waals surface area contributed by atoms with Crippen LogP contribution in [0.3, 0.4) is 0 Å². The summed E-state index contributed by atoms with van der Waals surface area (Å²) in [5, 5.41) is 18.2. The zero-order valence-electron chi connectivity index (χ0n) is 6.53. The number of hydrogen-bond donors (Lipinski definition) is 3. The van der Waals surface area contributed by atoms with Crippen molar-refractivity contribution in [2.75, 3.05) is 13.2 Å². The van der Waals surface area contributed by atoms with Crippen molar-refractivity contribution >= 4 is 5.97 Å². The summed E-state index contributed by atoms with van der Waals surface area (Å²) in [6, 6.07) is -0.977. The lowest BCUT2D eigenvalue weighted by Gasteiger charge is -2.21. The maximum atomic E-state index is 10.4. The predicted molar refractivity (Wildman–Crippen MR) is 39.7 cm³/mol. The molecule has 0 aromatic carbocycles. The van der Waals surface area contributed by atoms with Crippen LogP contribution in [0, 0.1) is 0 Å². The lowest BCUT2D eigenvalue weighted by Crippen LogP contribution is -2.48. The lowest BCUT2D eigenvalue weighted by atomic mass is 10.3. The lowest BCUT2D eigenvalue weighted by molar-refractivity contribution is -0.145. The molecule has 66 valence electrons. The molecule has 0 aliphatic carbocycles. The zero-order valence-corrected chi connectivity index (χ0v) is 6.53. The van der Waals surface area contributed by atoms with Gasteiger partial charge in [-0.15, -0.1) is 0 Å². The first kappa shape index (κ1) is 10.3. The molecule has 0 heterocycles. The van der Waals surface area contributed by atoms with Gasteiger partial charge < -0.3 is 10.2 Å². The average molecular weight is 162 g/mol. The maximum Gasteiger partial charge on any atom is 0.324 e. The number of hydrogen-bond acceptors (Lipinski definition) is 4. The van der Waals surface area contributed by atoms with Gasteiger partial charge in [-0.05, 0) is 6.42 Å². The van der Waals surface area contributed by atoms with E-state index in [-0.39, 0.29) is 0 Å². The Labute approximate surface area is 65.4 Å². The number of nitrogens with zero attached hydrogens (tertiary/aromatic N) is 1. The molecule has 0 aromatic heterocycles. The average Bonchev–Trinajstić information content (AvgIpc) is 1.88. The first-order chi connectivity index (χ1) is 5.13. The Balaban J connectivity index is 3.91. The number of hydrazine groups is 1. The van der Waals surface area contributed by atoms with Crippen molar-refractivity contribution in [3.63, 3.8) is 0 Å². The fourth-order valence-corrected chi connectivity index (χ4v) is 0.739. The fraction of sp³-hybridized carbons (Fsp3) is 0.833. The molecule has 1 atom stereocenters. The summed E-state index contributed by atoms with van der Waals surface area (Å²) in [6.07, 6.45) is 0.764. The van der Waals surface area contributed by atoms with Gasteiger partial charge in [-0.1, -0.05) is 6.92 Å². The van der Waals surface area contributed by atoms with E-state index in [1.54, 1.807) is 0 Å². The van der Waals surface area contributed by atoms with E-state index in [1.165, 1.54) is 0 Å². The van der Waals surface area contributed by atoms with Gasteiger partial charge in [0.25, 0.3) is 0 Å². The Morgan fingerprint density at radius 2 is 2.27 bits per heavy atom. The van der Waals surface area contributed by atoms with Gasteiger partial charge in [0.1, 0.15) is 6.04 Å². The van der Waals surface area contributed by atoms with Crippen molar-refractivity contribution in [1.29, 1.82) is 0 Å². The Hall–Kier alpha value is -0.650. The number of aliphatic hydroxyl groups is 1. The first-order valence-corrected chi connectivity index (χ1v) is 3.48. The molecule has 4 N–H and O–H groups in total. The number of aliphatic carboxylic acids is 1. The van der Waals surface area contributed by atoms with Gasteiger partial charge >= 0.3 is 5.97 Å². The number of aliphatic hydroxyl groups excluding tert-OH is 1. The monoisotopic (exact) mass is 162 g/mol. The van der Waals surface area contributed by atoms with Crippen LogP contribution in [0.25, 0.3) is 0 Å². The van der Waals surface area contributed by atoms with Crippen molar-refractivity contribution in [2.24, 2.45) is 5.84 Å². The standard InChI is InChI=1S/C6H14N2O3/c1-2-3-8(7)5(4-9)6(10)11/h5,9H,2-4,7H2,1H3,(H,10,11). The highest BCUT2D eigenvalue weighted by atomic mass is 16.4. The van der Waals surface area contributed by atoms with Crippen LogP contribution in [0.15, 0.2) is 0 Å². The molecule has 0 saturated carbocycles. The summed E-state index contributed by atoms with van der Waals surface area (Å²) < 4.78 is 0. The second-order valence-electron chi connectivity index (χ2n) is 2.27. The summed E-state index contributed by atoms with van der Waals surface area (Å²) in [5.74, 6) is 4.24. The maximum absolute atomic E-state index is 10.4. The molecule has 0 saturated heterocycles. The largest absolute Gasteiger partial charge is 0.480 e.